The third-order valence-corrected chi connectivity index (χ3v) is 23.1. The summed E-state index contributed by atoms with van der Waals surface area (Å²) >= 11 is 0. The number of ether oxygens (including phenoxy) is 12. The maximum absolute atomic E-state index is 12.5. The summed E-state index contributed by atoms with van der Waals surface area (Å²) in [7, 11) is -5.13. The second kappa shape index (κ2) is 29.5. The van der Waals surface area contributed by atoms with E-state index >= 15 is 0 Å². The molecule has 10 rings (SSSR count). The molecule has 6 aliphatic heterocycles. The zero-order valence-electron chi connectivity index (χ0n) is 54.5. The van der Waals surface area contributed by atoms with Gasteiger partial charge in [0.1, 0.15) is 116 Å². The first-order valence-electron chi connectivity index (χ1n) is 33.3. The van der Waals surface area contributed by atoms with Crippen LogP contribution in [0.25, 0.3) is 0 Å². The molecule has 31 nitrogen and oxygen atoms in total. The first-order valence-corrected chi connectivity index (χ1v) is 34.7. The van der Waals surface area contributed by atoms with E-state index in [4.69, 9.17) is 61.0 Å². The molecule has 0 spiro atoms. The van der Waals surface area contributed by atoms with Gasteiger partial charge in [-0.15, -0.1) is 0 Å². The van der Waals surface area contributed by atoms with E-state index < -0.39 is 231 Å². The van der Waals surface area contributed by atoms with Crippen molar-refractivity contribution in [2.75, 3.05) is 13.2 Å². The summed E-state index contributed by atoms with van der Waals surface area (Å²) in [5.74, 6) is -0.0516. The van der Waals surface area contributed by atoms with Crippen molar-refractivity contribution in [2.45, 2.75) is 322 Å². The maximum Gasteiger partial charge on any atom is 0.217 e. The van der Waals surface area contributed by atoms with E-state index in [-0.39, 0.29) is 36.0 Å². The molecule has 15 N–H and O–H groups in total. The Morgan fingerprint density at radius 2 is 1.07 bits per heavy atom. The van der Waals surface area contributed by atoms with Gasteiger partial charge in [0.15, 0.2) is 37.7 Å². The van der Waals surface area contributed by atoms with E-state index in [9.17, 15) is 89.6 Å². The largest absolute Gasteiger partial charge is 0.726 e. The van der Waals surface area contributed by atoms with Crippen molar-refractivity contribution in [3.8, 4) is 0 Å². The van der Waals surface area contributed by atoms with E-state index in [0.717, 1.165) is 25.7 Å². The number of fused-ring (bicyclic) bond motifs is 5. The van der Waals surface area contributed by atoms with Gasteiger partial charge in [-0.3, -0.25) is 4.18 Å². The van der Waals surface area contributed by atoms with Crippen LogP contribution in [0.2, 0.25) is 0 Å². The average molecular weight is 1380 g/mol. The van der Waals surface area contributed by atoms with E-state index in [0.29, 0.717) is 31.6 Å². The minimum Gasteiger partial charge on any atom is -0.726 e. The normalized spacial score (nSPS) is 52.5. The fourth-order valence-corrected chi connectivity index (χ4v) is 17.7. The molecule has 0 bridgehead atoms. The zero-order chi connectivity index (χ0) is 68.7. The lowest BCUT2D eigenvalue weighted by Crippen LogP contribution is -2.67. The Morgan fingerprint density at radius 3 is 1.66 bits per heavy atom. The highest BCUT2D eigenvalue weighted by Gasteiger charge is 2.64. The second-order valence-corrected chi connectivity index (χ2v) is 30.4. The van der Waals surface area contributed by atoms with Gasteiger partial charge in [0.25, 0.3) is 0 Å². The van der Waals surface area contributed by atoms with Gasteiger partial charge in [-0.2, -0.15) is 0 Å². The first kappa shape index (κ1) is 75.2. The van der Waals surface area contributed by atoms with Crippen LogP contribution < -0.4 is 0 Å². The standard InChI is InChI=1S/C62H104O31S/c1-23(2)11-10-16-62(9,77)36-13-12-30-29-20-33(32-19-28(93-94(78,79)80)14-17-60(32,7)31(29)15-18-61(30,36)8)86-56-48(75)51(40(67)26(5)83-56)90-58-52(91-54-46(73)43(70)37(64)24(3)82-54)42(69)35(22-81-58)88-59-53(45(72)38(65)25(4)85-59)92-57-49(76)50(39(66)27(6)84-57)89-55-47(74)44(71)41(68)34(21-63)87-55/h15,23-30,32-59,63-77H,10-14,16-22H2,1-9H3,(H,78,79,80)/p-1/t24-,25-,26-,27-,28+,29+,30+,32-,33+,34-,35-,36+,37-,38+,39+,40-,41+,42+,43+,44+,45+,46-,47-,48-,49-,50+,51+,52-,53-,54+,55+,56+,57+,58+,59+,60-,61+,62+/m1/s1. The Hall–Kier alpha value is -1.47. The quantitative estimate of drug-likeness (QED) is 0.0322. The van der Waals surface area contributed by atoms with Crippen LogP contribution in [0, 0.1) is 40.4 Å². The highest BCUT2D eigenvalue weighted by molar-refractivity contribution is 7.80. The van der Waals surface area contributed by atoms with E-state index in [1.54, 1.807) is 0 Å². The molecule has 3 saturated carbocycles. The van der Waals surface area contributed by atoms with Crippen molar-refractivity contribution in [1.29, 1.82) is 0 Å². The fraction of sp³-hybridized carbons (Fsp3) is 0.968. The molecular formula is C62H103O31S-. The summed E-state index contributed by atoms with van der Waals surface area (Å²) in [6.45, 7) is 14.7. The van der Waals surface area contributed by atoms with Crippen molar-refractivity contribution in [2.24, 2.45) is 40.4 Å². The molecule has 38 atom stereocenters. The first-order chi connectivity index (χ1) is 44.0. The highest BCUT2D eigenvalue weighted by Crippen LogP contribution is 2.67. The van der Waals surface area contributed by atoms with E-state index in [1.165, 1.54) is 33.3 Å². The number of hydrogen-bond donors (Lipinski definition) is 15. The molecule has 94 heavy (non-hydrogen) atoms. The molecule has 9 fully saturated rings. The molecule has 0 amide bonds. The number of aliphatic hydroxyl groups excluding tert-OH is 14. The third kappa shape index (κ3) is 14.9. The smallest absolute Gasteiger partial charge is 0.217 e. The van der Waals surface area contributed by atoms with E-state index in [1.807, 2.05) is 6.92 Å². The summed E-state index contributed by atoms with van der Waals surface area (Å²) in [6.07, 6.45) is -43.6. The van der Waals surface area contributed by atoms with Crippen LogP contribution in [-0.4, -0.2) is 299 Å². The lowest BCUT2D eigenvalue weighted by Gasteiger charge is -2.60. The molecule has 0 aromatic carbocycles. The Balaban J connectivity index is 0.895. The summed E-state index contributed by atoms with van der Waals surface area (Å²) in [4.78, 5) is 0. The Morgan fingerprint density at radius 1 is 0.574 bits per heavy atom. The van der Waals surface area contributed by atoms with Gasteiger partial charge < -0.3 is 138 Å². The molecule has 6 saturated heterocycles. The van der Waals surface area contributed by atoms with Gasteiger partial charge in [-0.1, -0.05) is 52.2 Å². The Labute approximate surface area is 546 Å². The molecule has 0 aromatic heterocycles. The van der Waals surface area contributed by atoms with Crippen LogP contribution in [0.1, 0.15) is 127 Å². The fourth-order valence-electron chi connectivity index (χ4n) is 17.2. The predicted molar refractivity (Wildman–Crippen MR) is 315 cm³/mol. The van der Waals surface area contributed by atoms with Crippen LogP contribution in [0.3, 0.4) is 0 Å². The number of hydrogen-bond acceptors (Lipinski definition) is 31. The van der Waals surface area contributed by atoms with Gasteiger partial charge >= 0.3 is 0 Å². The van der Waals surface area contributed by atoms with E-state index in [2.05, 4.69) is 33.8 Å². The summed E-state index contributed by atoms with van der Waals surface area (Å²) in [6, 6.07) is 0. The monoisotopic (exact) mass is 1380 g/mol. The van der Waals surface area contributed by atoms with Crippen molar-refractivity contribution in [3.05, 3.63) is 11.6 Å². The highest BCUT2D eigenvalue weighted by atomic mass is 32.3. The second-order valence-electron chi connectivity index (χ2n) is 29.4. The van der Waals surface area contributed by atoms with Gasteiger partial charge in [0.05, 0.1) is 55.4 Å². The third-order valence-electron chi connectivity index (χ3n) is 22.6. The molecule has 4 aliphatic carbocycles. The summed E-state index contributed by atoms with van der Waals surface area (Å²) in [5, 5.41) is 169. The molecule has 0 aromatic rings. The molecule has 6 heterocycles. The van der Waals surface area contributed by atoms with Crippen molar-refractivity contribution in [3.63, 3.8) is 0 Å². The predicted octanol–water partition coefficient (Wildman–Crippen LogP) is -3.35. The lowest BCUT2D eigenvalue weighted by atomic mass is 9.47. The number of allylic oxidation sites excluding steroid dienone is 2. The number of rotatable bonds is 20. The molecule has 10 aliphatic rings. The molecule has 544 valence electrons. The molecule has 0 radical (unpaired) electrons. The molecule has 32 heteroatoms. The van der Waals surface area contributed by atoms with Crippen LogP contribution in [-0.2, 0) is 71.4 Å². The van der Waals surface area contributed by atoms with Gasteiger partial charge in [0.2, 0.25) is 10.4 Å². The SMILES string of the molecule is CC(C)CCC[C@](C)(O)[C@H]1CC[C@H]2[C@@H]3C[C@H](O[C@@H]4O[C@H](C)[C@@H](O)[C@H](O[C@@H]5OC[C@@H](O[C@@H]6O[C@H](C)[C@H](O)[C@H](O)[C@H]6O[C@@H]6O[C@H](C)[C@H](O)[C@H](O[C@@H]7O[C@H](CO)[C@H](O)[C@H](O)[C@H]7O)[C@H]6O)[C@H](O)[C@H]5O[C@@H]5O[C@H](C)[C@@H](O)[C@H](O)[C@H]5O)[C@H]4O)[C@H]4C[C@@H](OS(=O)(=O)[O-])CC[C@]4(C)C3=CC[C@@]21C. The van der Waals surface area contributed by atoms with Crippen LogP contribution in [0.15, 0.2) is 11.6 Å². The van der Waals surface area contributed by atoms with Gasteiger partial charge in [0, 0.05) is 0 Å². The lowest BCUT2D eigenvalue weighted by molar-refractivity contribution is -0.401. The average Bonchev–Trinajstić information content (AvgIpc) is 1.34. The van der Waals surface area contributed by atoms with Crippen LogP contribution in [0.5, 0.6) is 0 Å². The van der Waals surface area contributed by atoms with Crippen molar-refractivity contribution < 1.29 is 151 Å². The summed E-state index contributed by atoms with van der Waals surface area (Å²) in [5.41, 5.74) is -0.700. The minimum atomic E-state index is -5.13. The van der Waals surface area contributed by atoms with Crippen LogP contribution >= 0.6 is 0 Å². The van der Waals surface area contributed by atoms with Crippen molar-refractivity contribution in [1.82, 2.24) is 0 Å². The van der Waals surface area contributed by atoms with Crippen molar-refractivity contribution >= 4 is 10.4 Å². The van der Waals surface area contributed by atoms with Crippen LogP contribution in [0.4, 0.5) is 0 Å². The topological polar surface area (TPSA) is 481 Å². The van der Waals surface area contributed by atoms with Gasteiger partial charge in [-0.25, -0.2) is 8.42 Å². The zero-order valence-corrected chi connectivity index (χ0v) is 55.3. The molecule has 0 unspecified atom stereocenters. The maximum atomic E-state index is 12.5. The Kier molecular flexibility index (Phi) is 23.6. The number of aliphatic hydroxyl groups is 15. The minimum absolute atomic E-state index is 0.0259. The summed E-state index contributed by atoms with van der Waals surface area (Å²) < 4.78 is 115. The van der Waals surface area contributed by atoms with Gasteiger partial charge in [-0.05, 0) is 126 Å². The Bertz CT molecular complexity index is 2640. The molecular weight excluding hydrogens is 1270 g/mol.